The van der Waals surface area contributed by atoms with Gasteiger partial charge in [-0.15, -0.1) is 0 Å². The average Bonchev–Trinajstić information content (AvgIpc) is 2.97. The fraction of sp³-hybridized carbons (Fsp3) is 0.357. The summed E-state index contributed by atoms with van der Waals surface area (Å²) in [6.07, 6.45) is 0.921. The molecule has 0 radical (unpaired) electrons. The van der Waals surface area contributed by atoms with Crippen molar-refractivity contribution in [2.24, 2.45) is 0 Å². The molecule has 1 aliphatic heterocycles. The highest BCUT2D eigenvalue weighted by Gasteiger charge is 2.19. The summed E-state index contributed by atoms with van der Waals surface area (Å²) in [5.41, 5.74) is 3.39. The van der Waals surface area contributed by atoms with Crippen LogP contribution in [0.4, 0.5) is 0 Å². The average molecular weight is 272 g/mol. The summed E-state index contributed by atoms with van der Waals surface area (Å²) >= 11 is 0. The lowest BCUT2D eigenvalue weighted by Gasteiger charge is -2.18. The Kier molecular flexibility index (Phi) is 3.47. The summed E-state index contributed by atoms with van der Waals surface area (Å²) in [7, 11) is 0. The zero-order chi connectivity index (χ0) is 13.9. The van der Waals surface area contributed by atoms with Gasteiger partial charge in [0.05, 0.1) is 0 Å². The Morgan fingerprint density at radius 3 is 3.25 bits per heavy atom. The molecule has 0 saturated carbocycles. The first-order chi connectivity index (χ1) is 9.79. The number of amides is 1. The number of aromatic nitrogens is 2. The lowest BCUT2D eigenvalue weighted by atomic mass is 9.95. The number of benzene rings is 1. The van der Waals surface area contributed by atoms with Crippen molar-refractivity contribution in [3.8, 4) is 11.5 Å². The van der Waals surface area contributed by atoms with Gasteiger partial charge >= 0.3 is 0 Å². The maximum atomic E-state index is 11.7. The Morgan fingerprint density at radius 1 is 1.50 bits per heavy atom. The predicted octanol–water partition coefficient (Wildman–Crippen LogP) is 1.13. The minimum absolute atomic E-state index is 0.0772. The van der Waals surface area contributed by atoms with Crippen LogP contribution in [0.25, 0.3) is 11.5 Å². The number of hydrogen-bond donors (Lipinski definition) is 2. The van der Waals surface area contributed by atoms with E-state index in [0.29, 0.717) is 12.4 Å². The maximum Gasteiger partial charge on any atom is 0.292 e. The van der Waals surface area contributed by atoms with Gasteiger partial charge in [-0.05, 0) is 37.1 Å². The second-order valence-electron chi connectivity index (χ2n) is 4.65. The maximum absolute atomic E-state index is 11.7. The van der Waals surface area contributed by atoms with Gasteiger partial charge in [-0.1, -0.05) is 17.3 Å². The van der Waals surface area contributed by atoms with E-state index in [1.54, 1.807) is 0 Å². The van der Waals surface area contributed by atoms with Crippen molar-refractivity contribution in [2.45, 2.75) is 19.9 Å². The van der Waals surface area contributed by atoms with Crippen molar-refractivity contribution < 1.29 is 9.32 Å². The molecule has 2 heterocycles. The third kappa shape index (κ3) is 2.30. The van der Waals surface area contributed by atoms with Gasteiger partial charge in [0.15, 0.2) is 0 Å². The Bertz CT molecular complexity index is 636. The van der Waals surface area contributed by atoms with E-state index in [9.17, 15) is 4.79 Å². The van der Waals surface area contributed by atoms with E-state index in [4.69, 9.17) is 4.52 Å². The first-order valence-electron chi connectivity index (χ1n) is 6.73. The van der Waals surface area contributed by atoms with Gasteiger partial charge < -0.3 is 15.2 Å². The van der Waals surface area contributed by atoms with Gasteiger partial charge in [0.25, 0.3) is 17.6 Å². The van der Waals surface area contributed by atoms with Gasteiger partial charge in [0.2, 0.25) is 0 Å². The zero-order valence-corrected chi connectivity index (χ0v) is 11.3. The summed E-state index contributed by atoms with van der Waals surface area (Å²) in [4.78, 5) is 15.9. The number of carbonyl (C=O) groups is 1. The third-order valence-electron chi connectivity index (χ3n) is 3.34. The molecule has 0 unspecified atom stereocenters. The van der Waals surface area contributed by atoms with Crippen LogP contribution in [0.3, 0.4) is 0 Å². The molecule has 20 heavy (non-hydrogen) atoms. The minimum Gasteiger partial charge on any atom is -0.349 e. The van der Waals surface area contributed by atoms with E-state index in [2.05, 4.69) is 26.8 Å². The molecule has 1 aliphatic rings. The molecular weight excluding hydrogens is 256 g/mol. The monoisotopic (exact) mass is 272 g/mol. The molecule has 0 bridgehead atoms. The second-order valence-corrected chi connectivity index (χ2v) is 4.65. The fourth-order valence-corrected chi connectivity index (χ4v) is 2.40. The number of fused-ring (bicyclic) bond motifs is 1. The van der Waals surface area contributed by atoms with Crippen LogP contribution in [0, 0.1) is 0 Å². The van der Waals surface area contributed by atoms with Crippen LogP contribution in [-0.2, 0) is 13.0 Å². The molecule has 0 aliphatic carbocycles. The molecule has 3 rings (SSSR count). The van der Waals surface area contributed by atoms with Crippen LogP contribution in [-0.4, -0.2) is 29.1 Å². The Hall–Kier alpha value is -2.21. The fourth-order valence-electron chi connectivity index (χ4n) is 2.40. The van der Waals surface area contributed by atoms with Gasteiger partial charge in [-0.25, -0.2) is 0 Å². The van der Waals surface area contributed by atoms with E-state index in [1.807, 2.05) is 19.1 Å². The van der Waals surface area contributed by atoms with Crippen molar-refractivity contribution in [3.05, 3.63) is 35.2 Å². The smallest absolute Gasteiger partial charge is 0.292 e. The molecule has 1 aromatic carbocycles. The highest BCUT2D eigenvalue weighted by molar-refractivity contribution is 5.90. The summed E-state index contributed by atoms with van der Waals surface area (Å²) in [5.74, 6) is 0.173. The van der Waals surface area contributed by atoms with Crippen LogP contribution in [0.15, 0.2) is 22.7 Å². The van der Waals surface area contributed by atoms with E-state index in [-0.39, 0.29) is 11.7 Å². The molecular formula is C14H16N4O2. The largest absolute Gasteiger partial charge is 0.349 e. The summed E-state index contributed by atoms with van der Waals surface area (Å²) in [5, 5.41) is 9.73. The lowest BCUT2D eigenvalue weighted by Crippen LogP contribution is -2.24. The first-order valence-corrected chi connectivity index (χ1v) is 6.73. The molecule has 0 fully saturated rings. The number of nitrogens with zero attached hydrogens (tertiary/aromatic N) is 2. The van der Waals surface area contributed by atoms with E-state index >= 15 is 0 Å². The molecule has 2 N–H and O–H groups in total. The van der Waals surface area contributed by atoms with Gasteiger partial charge in [0, 0.05) is 18.7 Å². The normalized spacial score (nSPS) is 13.8. The van der Waals surface area contributed by atoms with Crippen molar-refractivity contribution in [1.82, 2.24) is 20.8 Å². The van der Waals surface area contributed by atoms with Crippen molar-refractivity contribution in [1.29, 1.82) is 0 Å². The number of nitrogens with one attached hydrogen (secondary N) is 2. The van der Waals surface area contributed by atoms with Crippen LogP contribution in [0.1, 0.15) is 28.7 Å². The molecule has 1 amide bonds. The molecule has 1 aromatic heterocycles. The molecule has 0 spiro atoms. The van der Waals surface area contributed by atoms with Crippen molar-refractivity contribution >= 4 is 5.91 Å². The zero-order valence-electron chi connectivity index (χ0n) is 11.3. The Morgan fingerprint density at radius 2 is 2.40 bits per heavy atom. The number of hydrogen-bond acceptors (Lipinski definition) is 5. The van der Waals surface area contributed by atoms with Crippen LogP contribution in [0.2, 0.25) is 0 Å². The molecule has 0 saturated heterocycles. The molecule has 2 aromatic rings. The number of rotatable bonds is 3. The standard InChI is InChI=1S/C14H16N4O2/c1-2-16-13(19)12-17-14(20-18-12)11-5-3-4-9-8-15-7-6-10(9)11/h3-5,15H,2,6-8H2,1H3,(H,16,19). The topological polar surface area (TPSA) is 80.0 Å². The van der Waals surface area contributed by atoms with Crippen LogP contribution >= 0.6 is 0 Å². The van der Waals surface area contributed by atoms with Gasteiger partial charge in [-0.3, -0.25) is 4.79 Å². The van der Waals surface area contributed by atoms with Crippen LogP contribution in [0.5, 0.6) is 0 Å². The SMILES string of the molecule is CCNC(=O)c1noc(-c2cccc3c2CCNC3)n1. The predicted molar refractivity (Wildman–Crippen MR) is 73.2 cm³/mol. The van der Waals surface area contributed by atoms with Crippen LogP contribution < -0.4 is 10.6 Å². The van der Waals surface area contributed by atoms with Gasteiger partial charge in [-0.2, -0.15) is 4.98 Å². The molecule has 6 heteroatoms. The van der Waals surface area contributed by atoms with Crippen molar-refractivity contribution in [3.63, 3.8) is 0 Å². The quantitative estimate of drug-likeness (QED) is 0.875. The van der Waals surface area contributed by atoms with E-state index < -0.39 is 0 Å². The van der Waals surface area contributed by atoms with E-state index in [1.165, 1.54) is 11.1 Å². The number of carbonyl (C=O) groups excluding carboxylic acids is 1. The summed E-state index contributed by atoms with van der Waals surface area (Å²) in [6.45, 7) is 4.16. The second kappa shape index (κ2) is 5.42. The Labute approximate surface area is 116 Å². The minimum atomic E-state index is -0.311. The lowest BCUT2D eigenvalue weighted by molar-refractivity contribution is 0.0942. The highest BCUT2D eigenvalue weighted by atomic mass is 16.5. The van der Waals surface area contributed by atoms with Crippen molar-refractivity contribution in [2.75, 3.05) is 13.1 Å². The Balaban J connectivity index is 1.96. The molecule has 104 valence electrons. The summed E-state index contributed by atoms with van der Waals surface area (Å²) in [6, 6.07) is 6.02. The molecule has 0 atom stereocenters. The third-order valence-corrected chi connectivity index (χ3v) is 3.34. The molecule has 6 nitrogen and oxygen atoms in total. The highest BCUT2D eigenvalue weighted by Crippen LogP contribution is 2.27. The van der Waals surface area contributed by atoms with Gasteiger partial charge in [0.1, 0.15) is 0 Å². The first kappa shape index (κ1) is 12.8. The summed E-state index contributed by atoms with van der Waals surface area (Å²) < 4.78 is 5.24. The van der Waals surface area contributed by atoms with E-state index in [0.717, 1.165) is 25.1 Å².